The van der Waals surface area contributed by atoms with Gasteiger partial charge in [-0.3, -0.25) is 4.79 Å². The van der Waals surface area contributed by atoms with Crippen LogP contribution in [0.15, 0.2) is 36.4 Å². The summed E-state index contributed by atoms with van der Waals surface area (Å²) < 4.78 is 0. The van der Waals surface area contributed by atoms with E-state index in [-0.39, 0.29) is 5.78 Å². The highest BCUT2D eigenvalue weighted by Crippen LogP contribution is 2.19. The first-order chi connectivity index (χ1) is 9.02. The molecule has 0 unspecified atom stereocenters. The minimum atomic E-state index is 0.0863. The van der Waals surface area contributed by atoms with Crippen molar-refractivity contribution in [3.05, 3.63) is 64.2 Å². The first-order valence-electron chi connectivity index (χ1n) is 6.43. The second-order valence-electron chi connectivity index (χ2n) is 4.91. The quantitative estimate of drug-likeness (QED) is 0.841. The number of rotatable bonds is 3. The third-order valence-electron chi connectivity index (χ3n) is 3.52. The first-order valence-corrected chi connectivity index (χ1v) is 6.43. The van der Waals surface area contributed by atoms with E-state index in [0.717, 1.165) is 27.9 Å². The Hall–Kier alpha value is -2.09. The second kappa shape index (κ2) is 5.27. The van der Waals surface area contributed by atoms with E-state index in [1.165, 1.54) is 5.56 Å². The van der Waals surface area contributed by atoms with Crippen LogP contribution in [0.2, 0.25) is 0 Å². The van der Waals surface area contributed by atoms with Crippen LogP contribution in [0.25, 0.3) is 0 Å². The summed E-state index contributed by atoms with van der Waals surface area (Å²) in [7, 11) is 1.87. The van der Waals surface area contributed by atoms with Crippen LogP contribution in [0.4, 0.5) is 5.69 Å². The number of nitrogens with one attached hydrogen (secondary N) is 1. The van der Waals surface area contributed by atoms with Crippen LogP contribution in [-0.2, 0) is 0 Å². The molecule has 0 atom stereocenters. The number of hydrogen-bond donors (Lipinski definition) is 1. The van der Waals surface area contributed by atoms with Crippen molar-refractivity contribution in [2.24, 2.45) is 0 Å². The fourth-order valence-electron chi connectivity index (χ4n) is 2.15. The molecule has 0 amide bonds. The van der Waals surface area contributed by atoms with Gasteiger partial charge in [0.1, 0.15) is 0 Å². The maximum Gasteiger partial charge on any atom is 0.193 e. The molecule has 1 N–H and O–H groups in total. The van der Waals surface area contributed by atoms with Crippen molar-refractivity contribution in [3.8, 4) is 0 Å². The average Bonchev–Trinajstić information content (AvgIpc) is 2.42. The largest absolute Gasteiger partial charge is 0.388 e. The van der Waals surface area contributed by atoms with Crippen LogP contribution in [-0.4, -0.2) is 12.8 Å². The summed E-state index contributed by atoms with van der Waals surface area (Å²) in [5.41, 5.74) is 5.94. The lowest BCUT2D eigenvalue weighted by atomic mass is 9.95. The van der Waals surface area contributed by atoms with E-state index < -0.39 is 0 Å². The molecule has 0 saturated heterocycles. The van der Waals surface area contributed by atoms with E-state index in [2.05, 4.69) is 18.3 Å². The highest BCUT2D eigenvalue weighted by molar-refractivity contribution is 6.10. The molecule has 2 nitrogen and oxygen atoms in total. The van der Waals surface area contributed by atoms with Crippen LogP contribution in [0.5, 0.6) is 0 Å². The van der Waals surface area contributed by atoms with Crippen LogP contribution >= 0.6 is 0 Å². The van der Waals surface area contributed by atoms with Gasteiger partial charge in [-0.15, -0.1) is 0 Å². The standard InChI is InChI=1S/C17H19NO/c1-11-9-13(3)16(10-12(11)2)17(19)14-5-7-15(18-4)8-6-14/h5-10,18H,1-4H3. The number of ketones is 1. The van der Waals surface area contributed by atoms with Crippen LogP contribution in [0.3, 0.4) is 0 Å². The lowest BCUT2D eigenvalue weighted by molar-refractivity contribution is 0.103. The molecule has 2 aromatic rings. The van der Waals surface area contributed by atoms with Crippen molar-refractivity contribution in [2.45, 2.75) is 20.8 Å². The fraction of sp³-hybridized carbons (Fsp3) is 0.235. The lowest BCUT2D eigenvalue weighted by Gasteiger charge is -2.09. The average molecular weight is 253 g/mol. The third kappa shape index (κ3) is 2.68. The maximum atomic E-state index is 12.5. The molecule has 0 radical (unpaired) electrons. The van der Waals surface area contributed by atoms with Gasteiger partial charge in [0, 0.05) is 23.9 Å². The van der Waals surface area contributed by atoms with Gasteiger partial charge in [-0.05, 0) is 67.8 Å². The highest BCUT2D eigenvalue weighted by atomic mass is 16.1. The van der Waals surface area contributed by atoms with Crippen molar-refractivity contribution in [2.75, 3.05) is 12.4 Å². The van der Waals surface area contributed by atoms with E-state index in [9.17, 15) is 4.79 Å². The Kier molecular flexibility index (Phi) is 3.70. The Morgan fingerprint density at radius 3 is 2.05 bits per heavy atom. The zero-order valence-corrected chi connectivity index (χ0v) is 11.9. The summed E-state index contributed by atoms with van der Waals surface area (Å²) in [5.74, 6) is 0.0863. The van der Waals surface area contributed by atoms with Crippen LogP contribution in [0.1, 0.15) is 32.6 Å². The van der Waals surface area contributed by atoms with Gasteiger partial charge in [0.2, 0.25) is 0 Å². The molecule has 2 rings (SSSR count). The molecule has 2 aromatic carbocycles. The predicted molar refractivity (Wildman–Crippen MR) is 80.1 cm³/mol. The molecule has 0 bridgehead atoms. The molecule has 0 fully saturated rings. The van der Waals surface area contributed by atoms with E-state index in [1.807, 2.05) is 51.2 Å². The zero-order chi connectivity index (χ0) is 14.0. The minimum absolute atomic E-state index is 0.0863. The van der Waals surface area contributed by atoms with Gasteiger partial charge in [-0.2, -0.15) is 0 Å². The molecule has 98 valence electrons. The summed E-state index contributed by atoms with van der Waals surface area (Å²) in [6.07, 6.45) is 0. The SMILES string of the molecule is CNc1ccc(C(=O)c2cc(C)c(C)cc2C)cc1. The second-order valence-corrected chi connectivity index (χ2v) is 4.91. The van der Waals surface area contributed by atoms with E-state index in [0.29, 0.717) is 0 Å². The van der Waals surface area contributed by atoms with Gasteiger partial charge in [0.15, 0.2) is 5.78 Å². The highest BCUT2D eigenvalue weighted by Gasteiger charge is 2.12. The Morgan fingerprint density at radius 1 is 0.895 bits per heavy atom. The zero-order valence-electron chi connectivity index (χ0n) is 11.9. The number of hydrogen-bond acceptors (Lipinski definition) is 2. The predicted octanol–water partition coefficient (Wildman–Crippen LogP) is 3.88. The van der Waals surface area contributed by atoms with Gasteiger partial charge in [-0.1, -0.05) is 6.07 Å². The molecule has 0 spiro atoms. The van der Waals surface area contributed by atoms with Gasteiger partial charge >= 0.3 is 0 Å². The Balaban J connectivity index is 2.40. The van der Waals surface area contributed by atoms with Crippen molar-refractivity contribution in [1.29, 1.82) is 0 Å². The van der Waals surface area contributed by atoms with Crippen molar-refractivity contribution in [1.82, 2.24) is 0 Å². The molecule has 0 aliphatic rings. The lowest BCUT2D eigenvalue weighted by Crippen LogP contribution is -2.05. The smallest absolute Gasteiger partial charge is 0.193 e. The minimum Gasteiger partial charge on any atom is -0.388 e. The summed E-state index contributed by atoms with van der Waals surface area (Å²) >= 11 is 0. The van der Waals surface area contributed by atoms with Crippen LogP contribution in [0, 0.1) is 20.8 Å². The van der Waals surface area contributed by atoms with Gasteiger partial charge in [-0.25, -0.2) is 0 Å². The Bertz CT molecular complexity index is 612. The summed E-state index contributed by atoms with van der Waals surface area (Å²) in [6, 6.07) is 11.6. The number of aryl methyl sites for hydroxylation is 3. The molecular weight excluding hydrogens is 234 g/mol. The van der Waals surface area contributed by atoms with Gasteiger partial charge in [0.25, 0.3) is 0 Å². The van der Waals surface area contributed by atoms with Crippen LogP contribution < -0.4 is 5.32 Å². The Labute approximate surface area is 114 Å². The maximum absolute atomic E-state index is 12.5. The summed E-state index contributed by atoms with van der Waals surface area (Å²) in [5, 5.41) is 3.05. The first kappa shape index (κ1) is 13.3. The van der Waals surface area contributed by atoms with Crippen molar-refractivity contribution < 1.29 is 4.79 Å². The molecule has 2 heteroatoms. The number of anilines is 1. The van der Waals surface area contributed by atoms with Crippen molar-refractivity contribution in [3.63, 3.8) is 0 Å². The fourth-order valence-corrected chi connectivity index (χ4v) is 2.15. The van der Waals surface area contributed by atoms with E-state index in [4.69, 9.17) is 0 Å². The molecular formula is C17H19NO. The number of benzene rings is 2. The molecule has 0 aliphatic carbocycles. The normalized spacial score (nSPS) is 10.3. The molecule has 0 heterocycles. The molecule has 0 aromatic heterocycles. The monoisotopic (exact) mass is 253 g/mol. The number of carbonyl (C=O) groups is 1. The van der Waals surface area contributed by atoms with Gasteiger partial charge in [0.05, 0.1) is 0 Å². The van der Waals surface area contributed by atoms with E-state index >= 15 is 0 Å². The molecule has 0 saturated carbocycles. The van der Waals surface area contributed by atoms with Gasteiger partial charge < -0.3 is 5.32 Å². The molecule has 19 heavy (non-hydrogen) atoms. The summed E-state index contributed by atoms with van der Waals surface area (Å²) in [6.45, 7) is 6.09. The summed E-state index contributed by atoms with van der Waals surface area (Å²) in [4.78, 5) is 12.5. The van der Waals surface area contributed by atoms with Crippen molar-refractivity contribution >= 4 is 11.5 Å². The van der Waals surface area contributed by atoms with E-state index in [1.54, 1.807) is 0 Å². The topological polar surface area (TPSA) is 29.1 Å². The number of carbonyl (C=O) groups excluding carboxylic acids is 1. The Morgan fingerprint density at radius 2 is 1.47 bits per heavy atom. The third-order valence-corrected chi connectivity index (χ3v) is 3.52. The molecule has 0 aliphatic heterocycles.